The van der Waals surface area contributed by atoms with Crippen molar-refractivity contribution in [1.29, 1.82) is 5.26 Å². The topological polar surface area (TPSA) is 101 Å². The van der Waals surface area contributed by atoms with E-state index in [1.54, 1.807) is 18.2 Å². The van der Waals surface area contributed by atoms with Gasteiger partial charge in [0, 0.05) is 28.1 Å². The number of hydrogen-bond donors (Lipinski definition) is 1. The van der Waals surface area contributed by atoms with Gasteiger partial charge in [-0.15, -0.1) is 0 Å². The largest absolute Gasteiger partial charge is 0.338 e. The lowest BCUT2D eigenvalue weighted by Gasteiger charge is -2.12. The number of aromatic nitrogens is 2. The predicted octanol–water partition coefficient (Wildman–Crippen LogP) is 3.45. The monoisotopic (exact) mass is 384 g/mol. The minimum atomic E-state index is -0.420. The number of rotatable bonds is 3. The summed E-state index contributed by atoms with van der Waals surface area (Å²) in [6.45, 7) is 5.84. The highest BCUT2D eigenvalue weighted by Gasteiger charge is 2.20. The first kappa shape index (κ1) is 18.7. The van der Waals surface area contributed by atoms with Crippen LogP contribution in [0.15, 0.2) is 39.8 Å². The molecule has 3 aromatic rings. The molecule has 0 unspecified atom stereocenters. The third-order valence-electron chi connectivity index (χ3n) is 4.02. The van der Waals surface area contributed by atoms with E-state index in [1.165, 1.54) is 16.8 Å². The van der Waals surface area contributed by atoms with Crippen LogP contribution in [0.4, 0.5) is 5.88 Å². The van der Waals surface area contributed by atoms with Crippen molar-refractivity contribution in [2.45, 2.75) is 32.7 Å². The van der Waals surface area contributed by atoms with Crippen LogP contribution in [-0.4, -0.2) is 15.6 Å². The summed E-state index contributed by atoms with van der Waals surface area (Å²) in [6, 6.07) is 8.27. The molecule has 0 atom stereocenters. The van der Waals surface area contributed by atoms with Crippen LogP contribution in [0, 0.1) is 11.3 Å². The molecule has 138 valence electrons. The van der Waals surface area contributed by atoms with Crippen LogP contribution in [0.3, 0.4) is 0 Å². The second kappa shape index (κ2) is 6.89. The molecule has 2 aromatic heterocycles. The van der Waals surface area contributed by atoms with Crippen molar-refractivity contribution in [3.05, 3.63) is 57.0 Å². The highest BCUT2D eigenvalue weighted by Crippen LogP contribution is 2.24. The number of carbonyl (C=O) groups excluding carboxylic acids is 1. The first-order valence-corrected chi connectivity index (χ1v) is 8.56. The maximum Gasteiger partial charge on any atom is 0.246 e. The number of halogens is 1. The lowest BCUT2D eigenvalue weighted by Crippen LogP contribution is -2.21. The van der Waals surface area contributed by atoms with E-state index in [0.717, 1.165) is 0 Å². The Morgan fingerprint density at radius 2 is 2.11 bits per heavy atom. The average molecular weight is 385 g/mol. The summed E-state index contributed by atoms with van der Waals surface area (Å²) in [4.78, 5) is 24.7. The Balaban J connectivity index is 1.91. The molecule has 7 nitrogen and oxygen atoms in total. The number of nitrogens with zero attached hydrogens (tertiary/aromatic N) is 3. The summed E-state index contributed by atoms with van der Waals surface area (Å²) in [5.74, 6) is -0.144. The fraction of sp³-hybridized carbons (Fsp3) is 0.263. The number of amides is 1. The summed E-state index contributed by atoms with van der Waals surface area (Å²) in [6.07, 6.45) is 1.36. The van der Waals surface area contributed by atoms with Crippen LogP contribution in [0.25, 0.3) is 10.9 Å². The molecule has 0 fully saturated rings. The normalized spacial score (nSPS) is 11.4. The van der Waals surface area contributed by atoms with Gasteiger partial charge < -0.3 is 9.09 Å². The molecule has 0 radical (unpaired) electrons. The Morgan fingerprint density at radius 1 is 1.37 bits per heavy atom. The molecule has 0 aliphatic heterocycles. The number of carbonyl (C=O) groups is 1. The van der Waals surface area contributed by atoms with Crippen molar-refractivity contribution in [3.63, 3.8) is 0 Å². The summed E-state index contributed by atoms with van der Waals surface area (Å²) in [7, 11) is 0. The molecule has 0 saturated carbocycles. The molecule has 1 N–H and O–H groups in total. The van der Waals surface area contributed by atoms with Gasteiger partial charge in [0.2, 0.25) is 17.2 Å². The van der Waals surface area contributed by atoms with E-state index in [4.69, 9.17) is 16.1 Å². The first-order valence-electron chi connectivity index (χ1n) is 8.19. The summed E-state index contributed by atoms with van der Waals surface area (Å²) >= 11 is 5.96. The number of fused-ring (bicyclic) bond motifs is 1. The molecule has 0 spiro atoms. The van der Waals surface area contributed by atoms with Crippen LogP contribution in [-0.2, 0) is 16.8 Å². The van der Waals surface area contributed by atoms with Gasteiger partial charge in [-0.3, -0.25) is 14.9 Å². The maximum atomic E-state index is 12.4. The number of nitriles is 1. The van der Waals surface area contributed by atoms with Crippen LogP contribution in [0.1, 0.15) is 32.0 Å². The lowest BCUT2D eigenvalue weighted by atomic mass is 9.92. The molecular formula is C19H17ClN4O3. The molecule has 1 amide bonds. The Morgan fingerprint density at radius 3 is 2.74 bits per heavy atom. The van der Waals surface area contributed by atoms with E-state index < -0.39 is 5.43 Å². The van der Waals surface area contributed by atoms with Crippen molar-refractivity contribution in [2.75, 3.05) is 5.32 Å². The molecule has 0 bridgehead atoms. The van der Waals surface area contributed by atoms with Crippen LogP contribution in [0.5, 0.6) is 0 Å². The van der Waals surface area contributed by atoms with E-state index in [9.17, 15) is 14.9 Å². The quantitative estimate of drug-likeness (QED) is 0.745. The smallest absolute Gasteiger partial charge is 0.246 e. The van der Waals surface area contributed by atoms with Gasteiger partial charge in [-0.05, 0) is 18.2 Å². The standard InChI is InChI=1S/C19H17ClN4O3/c1-19(2,3)15-7-17(27-23-15)22-16(25)10-24-9-11(8-21)18(26)13-6-12(20)4-5-14(13)24/h4-7,9H,10H2,1-3H3,(H,22,25). The molecular weight excluding hydrogens is 368 g/mol. The highest BCUT2D eigenvalue weighted by molar-refractivity contribution is 6.31. The van der Waals surface area contributed by atoms with E-state index in [1.807, 2.05) is 26.8 Å². The zero-order chi connectivity index (χ0) is 19.8. The average Bonchev–Trinajstić information content (AvgIpc) is 3.06. The number of nitrogens with one attached hydrogen (secondary N) is 1. The van der Waals surface area contributed by atoms with Gasteiger partial charge in [-0.1, -0.05) is 37.5 Å². The molecule has 8 heteroatoms. The summed E-state index contributed by atoms with van der Waals surface area (Å²) in [5.41, 5.74) is 0.533. The van der Waals surface area contributed by atoms with Crippen molar-refractivity contribution in [2.24, 2.45) is 0 Å². The van der Waals surface area contributed by atoms with E-state index >= 15 is 0 Å². The third kappa shape index (κ3) is 3.86. The van der Waals surface area contributed by atoms with Gasteiger partial charge in [0.1, 0.15) is 18.2 Å². The molecule has 3 rings (SSSR count). The third-order valence-corrected chi connectivity index (χ3v) is 4.25. The van der Waals surface area contributed by atoms with E-state index in [2.05, 4.69) is 10.5 Å². The van der Waals surface area contributed by atoms with Gasteiger partial charge in [-0.2, -0.15) is 5.26 Å². The van der Waals surface area contributed by atoms with Crippen molar-refractivity contribution in [3.8, 4) is 6.07 Å². The zero-order valence-corrected chi connectivity index (χ0v) is 15.8. The van der Waals surface area contributed by atoms with Gasteiger partial charge >= 0.3 is 0 Å². The molecule has 0 aliphatic carbocycles. The number of hydrogen-bond acceptors (Lipinski definition) is 5. The zero-order valence-electron chi connectivity index (χ0n) is 15.0. The Kier molecular flexibility index (Phi) is 4.77. The van der Waals surface area contributed by atoms with Crippen LogP contribution >= 0.6 is 11.6 Å². The van der Waals surface area contributed by atoms with E-state index in [0.29, 0.717) is 16.2 Å². The molecule has 0 aliphatic rings. The molecule has 1 aromatic carbocycles. The van der Waals surface area contributed by atoms with E-state index in [-0.39, 0.29) is 34.7 Å². The van der Waals surface area contributed by atoms with Gasteiger partial charge in [0.15, 0.2) is 0 Å². The van der Waals surface area contributed by atoms with Gasteiger partial charge in [-0.25, -0.2) is 0 Å². The fourth-order valence-corrected chi connectivity index (χ4v) is 2.77. The number of pyridine rings is 1. The highest BCUT2D eigenvalue weighted by atomic mass is 35.5. The molecule has 27 heavy (non-hydrogen) atoms. The van der Waals surface area contributed by atoms with Gasteiger partial charge in [0.25, 0.3) is 0 Å². The molecule has 0 saturated heterocycles. The SMILES string of the molecule is CC(C)(C)c1cc(NC(=O)Cn2cc(C#N)c(=O)c3cc(Cl)ccc32)on1. The maximum absolute atomic E-state index is 12.4. The first-order chi connectivity index (χ1) is 12.7. The van der Waals surface area contributed by atoms with Crippen molar-refractivity contribution >= 4 is 34.3 Å². The Hall–Kier alpha value is -3.11. The minimum absolute atomic E-state index is 0.0627. The van der Waals surface area contributed by atoms with Crippen LogP contribution in [0.2, 0.25) is 5.02 Å². The fourth-order valence-electron chi connectivity index (χ4n) is 2.60. The number of anilines is 1. The Labute approximate surface area is 160 Å². The van der Waals surface area contributed by atoms with Gasteiger partial charge in [0.05, 0.1) is 11.2 Å². The second-order valence-corrected chi connectivity index (χ2v) is 7.58. The summed E-state index contributed by atoms with van der Waals surface area (Å²) in [5, 5.41) is 16.4. The lowest BCUT2D eigenvalue weighted by molar-refractivity contribution is -0.116. The van der Waals surface area contributed by atoms with Crippen molar-refractivity contribution < 1.29 is 9.32 Å². The Bertz CT molecular complexity index is 1130. The molecule has 2 heterocycles. The number of benzene rings is 1. The predicted molar refractivity (Wildman–Crippen MR) is 102 cm³/mol. The van der Waals surface area contributed by atoms with Crippen molar-refractivity contribution in [1.82, 2.24) is 9.72 Å². The second-order valence-electron chi connectivity index (χ2n) is 7.15. The minimum Gasteiger partial charge on any atom is -0.338 e. The summed E-state index contributed by atoms with van der Waals surface area (Å²) < 4.78 is 6.69. The van der Waals surface area contributed by atoms with Crippen LogP contribution < -0.4 is 10.7 Å².